The SMILES string of the molecule is CC1(C(=N)N)CCCCC1.Cl. The van der Waals surface area contributed by atoms with Crippen LogP contribution in [0.4, 0.5) is 0 Å². The van der Waals surface area contributed by atoms with Crippen LogP contribution in [0.3, 0.4) is 0 Å². The second-order valence-electron chi connectivity index (χ2n) is 3.53. The maximum Gasteiger partial charge on any atom is 0.0965 e. The molecule has 0 saturated heterocycles. The maximum absolute atomic E-state index is 7.36. The Labute approximate surface area is 74.5 Å². The number of halogens is 1. The van der Waals surface area contributed by atoms with Crippen LogP contribution in [-0.2, 0) is 0 Å². The Balaban J connectivity index is 0.000001000. The van der Waals surface area contributed by atoms with E-state index in [1.54, 1.807) is 0 Å². The highest BCUT2D eigenvalue weighted by Crippen LogP contribution is 2.35. The van der Waals surface area contributed by atoms with Gasteiger partial charge in [0.1, 0.15) is 0 Å². The lowest BCUT2D eigenvalue weighted by Crippen LogP contribution is -2.35. The molecule has 3 heteroatoms. The summed E-state index contributed by atoms with van der Waals surface area (Å²) >= 11 is 0. The van der Waals surface area contributed by atoms with Gasteiger partial charge >= 0.3 is 0 Å². The molecule has 1 rings (SSSR count). The average molecular weight is 177 g/mol. The molecule has 3 N–H and O–H groups in total. The van der Waals surface area contributed by atoms with Gasteiger partial charge < -0.3 is 5.73 Å². The molecule has 1 aliphatic carbocycles. The standard InChI is InChI=1S/C8H16N2.ClH/c1-8(7(9)10)5-3-2-4-6-8;/h2-6H2,1H3,(H3,9,10);1H. The molecular weight excluding hydrogens is 160 g/mol. The van der Waals surface area contributed by atoms with Crippen LogP contribution in [0.5, 0.6) is 0 Å². The molecule has 0 bridgehead atoms. The van der Waals surface area contributed by atoms with E-state index in [1.807, 2.05) is 0 Å². The molecule has 1 saturated carbocycles. The van der Waals surface area contributed by atoms with Crippen LogP contribution in [0.15, 0.2) is 0 Å². The van der Waals surface area contributed by atoms with E-state index in [9.17, 15) is 0 Å². The van der Waals surface area contributed by atoms with Gasteiger partial charge in [0, 0.05) is 5.41 Å². The van der Waals surface area contributed by atoms with Crippen molar-refractivity contribution in [3.05, 3.63) is 0 Å². The van der Waals surface area contributed by atoms with Crippen molar-refractivity contribution in [1.82, 2.24) is 0 Å². The van der Waals surface area contributed by atoms with Gasteiger partial charge in [-0.1, -0.05) is 26.2 Å². The Hall–Kier alpha value is -0.240. The van der Waals surface area contributed by atoms with E-state index in [0.29, 0.717) is 5.84 Å². The zero-order valence-electron chi connectivity index (χ0n) is 7.02. The summed E-state index contributed by atoms with van der Waals surface area (Å²) in [4.78, 5) is 0. The summed E-state index contributed by atoms with van der Waals surface area (Å²) in [5.74, 6) is 0.382. The summed E-state index contributed by atoms with van der Waals surface area (Å²) in [6, 6.07) is 0. The third kappa shape index (κ3) is 2.37. The van der Waals surface area contributed by atoms with Crippen molar-refractivity contribution in [3.63, 3.8) is 0 Å². The van der Waals surface area contributed by atoms with Crippen LogP contribution in [-0.4, -0.2) is 5.84 Å². The molecule has 0 heterocycles. The Morgan fingerprint density at radius 3 is 2.00 bits per heavy atom. The molecule has 2 nitrogen and oxygen atoms in total. The molecule has 0 spiro atoms. The second-order valence-corrected chi connectivity index (χ2v) is 3.53. The first-order chi connectivity index (χ1) is 4.65. The van der Waals surface area contributed by atoms with Crippen molar-refractivity contribution in [2.24, 2.45) is 11.1 Å². The summed E-state index contributed by atoms with van der Waals surface area (Å²) < 4.78 is 0. The zero-order chi connectivity index (χ0) is 7.61. The highest BCUT2D eigenvalue weighted by Gasteiger charge is 2.29. The van der Waals surface area contributed by atoms with E-state index in [4.69, 9.17) is 11.1 Å². The fourth-order valence-electron chi connectivity index (χ4n) is 1.60. The highest BCUT2D eigenvalue weighted by molar-refractivity contribution is 5.85. The summed E-state index contributed by atoms with van der Waals surface area (Å²) in [5, 5.41) is 7.36. The molecule has 1 aliphatic rings. The van der Waals surface area contributed by atoms with Crippen LogP contribution in [0.2, 0.25) is 0 Å². The van der Waals surface area contributed by atoms with E-state index in [1.165, 1.54) is 19.3 Å². The normalized spacial score (nSPS) is 21.9. The second kappa shape index (κ2) is 3.96. The van der Waals surface area contributed by atoms with Gasteiger partial charge in [-0.2, -0.15) is 0 Å². The topological polar surface area (TPSA) is 49.9 Å². The fraction of sp³-hybridized carbons (Fsp3) is 0.875. The molecule has 0 amide bonds. The Bertz CT molecular complexity index is 139. The summed E-state index contributed by atoms with van der Waals surface area (Å²) in [7, 11) is 0. The fourth-order valence-corrected chi connectivity index (χ4v) is 1.60. The number of rotatable bonds is 1. The molecular formula is C8H17ClN2. The Morgan fingerprint density at radius 1 is 1.27 bits per heavy atom. The highest BCUT2D eigenvalue weighted by atomic mass is 35.5. The number of hydrogen-bond acceptors (Lipinski definition) is 1. The van der Waals surface area contributed by atoms with Gasteiger partial charge in [0.05, 0.1) is 5.84 Å². The van der Waals surface area contributed by atoms with E-state index in [-0.39, 0.29) is 17.8 Å². The van der Waals surface area contributed by atoms with Crippen LogP contribution < -0.4 is 5.73 Å². The zero-order valence-corrected chi connectivity index (χ0v) is 7.84. The minimum Gasteiger partial charge on any atom is -0.387 e. The molecule has 0 atom stereocenters. The van der Waals surface area contributed by atoms with Crippen LogP contribution >= 0.6 is 12.4 Å². The van der Waals surface area contributed by atoms with Crippen molar-refractivity contribution in [1.29, 1.82) is 5.41 Å². The minimum absolute atomic E-state index is 0. The third-order valence-electron chi connectivity index (χ3n) is 2.61. The van der Waals surface area contributed by atoms with Gasteiger partial charge in [-0.3, -0.25) is 5.41 Å². The Morgan fingerprint density at radius 2 is 1.73 bits per heavy atom. The lowest BCUT2D eigenvalue weighted by molar-refractivity contribution is 0.308. The van der Waals surface area contributed by atoms with E-state index in [0.717, 1.165) is 12.8 Å². The van der Waals surface area contributed by atoms with Crippen molar-refractivity contribution >= 4 is 18.2 Å². The van der Waals surface area contributed by atoms with Gasteiger partial charge in [0.25, 0.3) is 0 Å². The van der Waals surface area contributed by atoms with Gasteiger partial charge in [0.2, 0.25) is 0 Å². The lowest BCUT2D eigenvalue weighted by Gasteiger charge is -2.31. The van der Waals surface area contributed by atoms with Gasteiger partial charge in [-0.15, -0.1) is 12.4 Å². The quantitative estimate of drug-likeness (QED) is 0.468. The van der Waals surface area contributed by atoms with Crippen LogP contribution in [0.25, 0.3) is 0 Å². The van der Waals surface area contributed by atoms with E-state index >= 15 is 0 Å². The first-order valence-corrected chi connectivity index (χ1v) is 4.00. The van der Waals surface area contributed by atoms with Crippen molar-refractivity contribution < 1.29 is 0 Å². The van der Waals surface area contributed by atoms with Gasteiger partial charge in [-0.05, 0) is 12.8 Å². The minimum atomic E-state index is 0. The number of hydrogen-bond donors (Lipinski definition) is 2. The van der Waals surface area contributed by atoms with Crippen molar-refractivity contribution in [3.8, 4) is 0 Å². The summed E-state index contributed by atoms with van der Waals surface area (Å²) in [6.07, 6.45) is 6.04. The monoisotopic (exact) mass is 176 g/mol. The van der Waals surface area contributed by atoms with Crippen LogP contribution in [0.1, 0.15) is 39.0 Å². The van der Waals surface area contributed by atoms with E-state index in [2.05, 4.69) is 6.92 Å². The molecule has 0 aliphatic heterocycles. The number of nitrogens with one attached hydrogen (secondary N) is 1. The third-order valence-corrected chi connectivity index (χ3v) is 2.61. The molecule has 0 radical (unpaired) electrons. The first-order valence-electron chi connectivity index (χ1n) is 4.00. The first kappa shape index (κ1) is 10.8. The predicted octanol–water partition coefficient (Wildman–Crippen LogP) is 2.31. The molecule has 66 valence electrons. The van der Waals surface area contributed by atoms with Crippen LogP contribution in [0, 0.1) is 10.8 Å². The lowest BCUT2D eigenvalue weighted by atomic mass is 9.75. The summed E-state index contributed by atoms with van der Waals surface area (Å²) in [6.45, 7) is 2.11. The number of nitrogens with two attached hydrogens (primary N) is 1. The van der Waals surface area contributed by atoms with Crippen molar-refractivity contribution in [2.75, 3.05) is 0 Å². The van der Waals surface area contributed by atoms with Gasteiger partial charge in [-0.25, -0.2) is 0 Å². The molecule has 11 heavy (non-hydrogen) atoms. The predicted molar refractivity (Wildman–Crippen MR) is 50.4 cm³/mol. The molecule has 0 unspecified atom stereocenters. The largest absolute Gasteiger partial charge is 0.387 e. The van der Waals surface area contributed by atoms with Gasteiger partial charge in [0.15, 0.2) is 0 Å². The average Bonchev–Trinajstić information content (AvgIpc) is 1.89. The molecule has 0 aromatic rings. The van der Waals surface area contributed by atoms with E-state index < -0.39 is 0 Å². The molecule has 1 fully saturated rings. The van der Waals surface area contributed by atoms with Crippen molar-refractivity contribution in [2.45, 2.75) is 39.0 Å². The maximum atomic E-state index is 7.36. The smallest absolute Gasteiger partial charge is 0.0965 e. The number of amidine groups is 1. The Kier molecular flexibility index (Phi) is 3.87. The molecule has 0 aromatic carbocycles. The summed E-state index contributed by atoms with van der Waals surface area (Å²) in [5.41, 5.74) is 5.52. The molecule has 0 aromatic heterocycles.